The molecule has 0 aromatic carbocycles. The van der Waals surface area contributed by atoms with Gasteiger partial charge in [-0.2, -0.15) is 0 Å². The first kappa shape index (κ1) is 5.41. The Hall–Kier alpha value is -0.590. The molecular weight excluding hydrogens is 78.0 g/mol. The number of hydrogen-bond acceptors (Lipinski definition) is 2. The number of hydrogen-bond donors (Lipinski definition) is 2. The van der Waals surface area contributed by atoms with Crippen molar-refractivity contribution in [2.75, 3.05) is 0 Å². The molecule has 2 N–H and O–H groups in total. The Labute approximate surface area is 36.6 Å². The van der Waals surface area contributed by atoms with Gasteiger partial charge in [-0.3, -0.25) is 5.41 Å². The van der Waals surface area contributed by atoms with Crippen LogP contribution in [-0.4, -0.2) is 17.1 Å². The first-order chi connectivity index (χ1) is 2.77. The van der Waals surface area contributed by atoms with Crippen LogP contribution in [0.1, 0.15) is 6.92 Å². The Kier molecular flexibility index (Phi) is 2.38. The lowest BCUT2D eigenvalue weighted by atomic mass is 10.4. The summed E-state index contributed by atoms with van der Waals surface area (Å²) in [7, 11) is 0. The van der Waals surface area contributed by atoms with E-state index in [1.165, 1.54) is 6.08 Å². The molecule has 0 radical (unpaired) electrons. The summed E-state index contributed by atoms with van der Waals surface area (Å²) >= 11 is 0. The van der Waals surface area contributed by atoms with Crippen LogP contribution >= 0.6 is 0 Å². The lowest BCUT2D eigenvalue weighted by Crippen LogP contribution is -1.90. The van der Waals surface area contributed by atoms with E-state index < -0.39 is 6.10 Å². The molecule has 0 saturated carbocycles. The summed E-state index contributed by atoms with van der Waals surface area (Å²) in [6, 6.07) is 0. The third-order valence-corrected chi connectivity index (χ3v) is 0.325. The van der Waals surface area contributed by atoms with Crippen LogP contribution in [0.4, 0.5) is 0 Å². The zero-order valence-electron chi connectivity index (χ0n) is 3.60. The maximum absolute atomic E-state index is 8.31. The van der Waals surface area contributed by atoms with Gasteiger partial charge in [0.05, 0.1) is 6.10 Å². The van der Waals surface area contributed by atoms with Gasteiger partial charge in [0.2, 0.25) is 0 Å². The molecule has 1 unspecified atom stereocenters. The summed E-state index contributed by atoms with van der Waals surface area (Å²) in [6.07, 6.45) is 0.738. The van der Waals surface area contributed by atoms with E-state index in [0.717, 1.165) is 0 Å². The van der Waals surface area contributed by atoms with Gasteiger partial charge in [0.25, 0.3) is 0 Å². The molecule has 0 rings (SSSR count). The summed E-state index contributed by atoms with van der Waals surface area (Å²) in [6.45, 7) is 1.57. The topological polar surface area (TPSA) is 44.1 Å². The third-order valence-electron chi connectivity index (χ3n) is 0.325. The van der Waals surface area contributed by atoms with Crippen LogP contribution in [0.3, 0.4) is 0 Å². The fourth-order valence-electron chi connectivity index (χ4n) is 0.121. The largest absolute Gasteiger partial charge is 0.389 e. The first-order valence-electron chi connectivity index (χ1n) is 1.71. The van der Waals surface area contributed by atoms with Crippen molar-refractivity contribution in [3.8, 4) is 0 Å². The van der Waals surface area contributed by atoms with Gasteiger partial charge in [0.1, 0.15) is 0 Å². The van der Waals surface area contributed by atoms with E-state index in [1.54, 1.807) is 6.92 Å². The molecule has 0 saturated heterocycles. The van der Waals surface area contributed by atoms with E-state index in [2.05, 4.69) is 0 Å². The van der Waals surface area contributed by atoms with Crippen LogP contribution in [-0.2, 0) is 0 Å². The van der Waals surface area contributed by atoms with Gasteiger partial charge >= 0.3 is 0 Å². The highest BCUT2D eigenvalue weighted by molar-refractivity contribution is 5.47. The molecule has 0 fully saturated rings. The van der Waals surface area contributed by atoms with Gasteiger partial charge in [-0.05, 0) is 12.8 Å². The molecule has 0 aromatic rings. The number of rotatable bonds is 1. The number of nitrogens with one attached hydrogen (secondary N) is 1. The molecule has 0 amide bonds. The first-order valence-corrected chi connectivity index (χ1v) is 1.71. The van der Waals surface area contributed by atoms with Crippen molar-refractivity contribution in [2.45, 2.75) is 13.0 Å². The van der Waals surface area contributed by atoms with Gasteiger partial charge in [-0.1, -0.05) is 0 Å². The zero-order chi connectivity index (χ0) is 4.99. The second-order valence-electron chi connectivity index (χ2n) is 1.05. The standard InChI is InChI=1S/C4H7NO/c1-4(6)2-3-5/h2,4-6H,1H3. The zero-order valence-corrected chi connectivity index (χ0v) is 3.60. The molecule has 0 bridgehead atoms. The van der Waals surface area contributed by atoms with Gasteiger partial charge < -0.3 is 5.11 Å². The number of aliphatic hydroxyl groups excluding tert-OH is 1. The van der Waals surface area contributed by atoms with Gasteiger partial charge in [0, 0.05) is 6.08 Å². The highest BCUT2D eigenvalue weighted by atomic mass is 16.3. The SMILES string of the molecule is CC(O)C=C=N. The van der Waals surface area contributed by atoms with Crippen molar-refractivity contribution in [3.05, 3.63) is 6.08 Å². The van der Waals surface area contributed by atoms with Crippen LogP contribution in [0.25, 0.3) is 0 Å². The van der Waals surface area contributed by atoms with E-state index in [4.69, 9.17) is 10.5 Å². The molecule has 0 aliphatic heterocycles. The van der Waals surface area contributed by atoms with Crippen molar-refractivity contribution in [1.82, 2.24) is 0 Å². The molecule has 0 aliphatic rings. The summed E-state index contributed by atoms with van der Waals surface area (Å²) < 4.78 is 0. The van der Waals surface area contributed by atoms with Crippen molar-refractivity contribution < 1.29 is 5.11 Å². The Morgan fingerprint density at radius 2 is 2.50 bits per heavy atom. The van der Waals surface area contributed by atoms with Crippen molar-refractivity contribution in [3.63, 3.8) is 0 Å². The van der Waals surface area contributed by atoms with Crippen LogP contribution in [0, 0.1) is 5.41 Å². The molecule has 6 heavy (non-hydrogen) atoms. The molecule has 0 heterocycles. The Bertz CT molecular complexity index is 71.6. The molecule has 0 spiro atoms. The maximum Gasteiger partial charge on any atom is 0.0781 e. The summed E-state index contributed by atoms with van der Waals surface area (Å²) in [5, 5.41) is 14.6. The maximum atomic E-state index is 8.31. The quantitative estimate of drug-likeness (QED) is 0.438. The summed E-state index contributed by atoms with van der Waals surface area (Å²) in [5.41, 5.74) is 0. The van der Waals surface area contributed by atoms with Gasteiger partial charge in [-0.15, -0.1) is 0 Å². The molecule has 0 aliphatic carbocycles. The van der Waals surface area contributed by atoms with Crippen molar-refractivity contribution in [2.24, 2.45) is 0 Å². The summed E-state index contributed by atoms with van der Waals surface area (Å²) in [4.78, 5) is 0. The second-order valence-corrected chi connectivity index (χ2v) is 1.05. The predicted molar refractivity (Wildman–Crippen MR) is 24.0 cm³/mol. The normalized spacial score (nSPS) is 12.3. The predicted octanol–water partition coefficient (Wildman–Crippen LogP) is 0.172. The number of aliphatic hydroxyl groups is 1. The second kappa shape index (κ2) is 2.64. The fourth-order valence-corrected chi connectivity index (χ4v) is 0.121. The molecular formula is C4H7NO. The Morgan fingerprint density at radius 3 is 2.50 bits per heavy atom. The van der Waals surface area contributed by atoms with Crippen LogP contribution in [0.2, 0.25) is 0 Å². The van der Waals surface area contributed by atoms with Crippen molar-refractivity contribution >= 4 is 5.87 Å². The molecule has 1 atom stereocenters. The minimum Gasteiger partial charge on any atom is -0.389 e. The van der Waals surface area contributed by atoms with E-state index in [-0.39, 0.29) is 0 Å². The minimum atomic E-state index is -0.525. The van der Waals surface area contributed by atoms with Crippen LogP contribution in [0.15, 0.2) is 6.08 Å². The van der Waals surface area contributed by atoms with Gasteiger partial charge in [-0.25, -0.2) is 0 Å². The molecule has 2 nitrogen and oxygen atoms in total. The van der Waals surface area contributed by atoms with Gasteiger partial charge in [0.15, 0.2) is 0 Å². The average molecular weight is 85.1 g/mol. The van der Waals surface area contributed by atoms with Crippen molar-refractivity contribution in [1.29, 1.82) is 5.41 Å². The third kappa shape index (κ3) is 3.41. The fraction of sp³-hybridized carbons (Fsp3) is 0.500. The lowest BCUT2D eigenvalue weighted by molar-refractivity contribution is 0.245. The highest BCUT2D eigenvalue weighted by Gasteiger charge is 1.78. The van der Waals surface area contributed by atoms with E-state index in [9.17, 15) is 0 Å². The van der Waals surface area contributed by atoms with Crippen LogP contribution in [0.5, 0.6) is 0 Å². The van der Waals surface area contributed by atoms with E-state index in [1.807, 2.05) is 5.87 Å². The monoisotopic (exact) mass is 85.1 g/mol. The molecule has 2 heteroatoms. The Balaban J connectivity index is 3.29. The Morgan fingerprint density at radius 1 is 2.00 bits per heavy atom. The minimum absolute atomic E-state index is 0.525. The molecule has 0 aromatic heterocycles. The molecule has 34 valence electrons. The van der Waals surface area contributed by atoms with E-state index >= 15 is 0 Å². The van der Waals surface area contributed by atoms with Crippen LogP contribution < -0.4 is 0 Å². The average Bonchev–Trinajstić information content (AvgIpc) is 1.35. The highest BCUT2D eigenvalue weighted by Crippen LogP contribution is 1.72. The smallest absolute Gasteiger partial charge is 0.0781 e. The summed E-state index contributed by atoms with van der Waals surface area (Å²) in [5.74, 6) is 1.94. The lowest BCUT2D eigenvalue weighted by Gasteiger charge is -1.83. The van der Waals surface area contributed by atoms with E-state index in [0.29, 0.717) is 0 Å².